The Morgan fingerprint density at radius 1 is 1.44 bits per heavy atom. The van der Waals surface area contributed by atoms with E-state index in [1.807, 2.05) is 4.90 Å². The highest BCUT2D eigenvalue weighted by Gasteiger charge is 2.57. The average molecular weight is 127 g/mol. The monoisotopic (exact) mass is 127 g/mol. The van der Waals surface area contributed by atoms with E-state index in [1.54, 1.807) is 0 Å². The van der Waals surface area contributed by atoms with Crippen molar-refractivity contribution in [2.45, 2.75) is 18.4 Å². The first-order valence-electron chi connectivity index (χ1n) is 3.24. The van der Waals surface area contributed by atoms with Crippen molar-refractivity contribution in [3.63, 3.8) is 0 Å². The minimum atomic E-state index is -0.625. The molecule has 0 unspecified atom stereocenters. The maximum absolute atomic E-state index is 10.5. The second kappa shape index (κ2) is 1.29. The fraction of sp³-hybridized carbons (Fsp3) is 0.833. The van der Waals surface area contributed by atoms with Crippen molar-refractivity contribution in [1.29, 1.82) is 0 Å². The maximum atomic E-state index is 10.5. The normalized spacial score (nSPS) is 29.8. The van der Waals surface area contributed by atoms with E-state index in [-0.39, 0.29) is 5.54 Å². The summed E-state index contributed by atoms with van der Waals surface area (Å²) in [6.07, 6.45) is 1.73. The van der Waals surface area contributed by atoms with Crippen molar-refractivity contribution in [3.05, 3.63) is 0 Å². The van der Waals surface area contributed by atoms with E-state index < -0.39 is 5.97 Å². The molecule has 3 heteroatoms. The van der Waals surface area contributed by atoms with Crippen LogP contribution >= 0.6 is 0 Å². The Kier molecular flexibility index (Phi) is 0.750. The molecular formula is C6H9NO2. The van der Waals surface area contributed by atoms with Crippen LogP contribution in [0.2, 0.25) is 0 Å². The average Bonchev–Trinajstić information content (AvgIpc) is 1.76. The minimum absolute atomic E-state index is 0.389. The van der Waals surface area contributed by atoms with Crippen LogP contribution in [-0.4, -0.2) is 34.6 Å². The summed E-state index contributed by atoms with van der Waals surface area (Å²) in [5, 5.41) is 8.67. The van der Waals surface area contributed by atoms with Crippen LogP contribution in [0.3, 0.4) is 0 Å². The number of nitrogens with zero attached hydrogens (tertiary/aromatic N) is 1. The molecule has 2 heterocycles. The van der Waals surface area contributed by atoms with Gasteiger partial charge in [0.2, 0.25) is 0 Å². The van der Waals surface area contributed by atoms with Gasteiger partial charge in [-0.1, -0.05) is 0 Å². The molecule has 2 aliphatic rings. The van der Waals surface area contributed by atoms with E-state index in [4.69, 9.17) is 5.11 Å². The van der Waals surface area contributed by atoms with Gasteiger partial charge in [-0.15, -0.1) is 0 Å². The molecule has 50 valence electrons. The third-order valence-electron chi connectivity index (χ3n) is 2.59. The Balaban J connectivity index is 2.16. The van der Waals surface area contributed by atoms with Gasteiger partial charge in [-0.25, -0.2) is 0 Å². The predicted molar refractivity (Wildman–Crippen MR) is 31.2 cm³/mol. The molecule has 2 fully saturated rings. The lowest BCUT2D eigenvalue weighted by atomic mass is 9.74. The number of aliphatic carboxylic acids is 1. The van der Waals surface area contributed by atoms with Crippen molar-refractivity contribution in [3.8, 4) is 0 Å². The van der Waals surface area contributed by atoms with Crippen LogP contribution in [0.1, 0.15) is 12.8 Å². The lowest BCUT2D eigenvalue weighted by molar-refractivity contribution is -0.179. The molecule has 0 aromatic rings. The highest BCUT2D eigenvalue weighted by Crippen LogP contribution is 2.42. The molecule has 0 spiro atoms. The molecule has 1 N–H and O–H groups in total. The maximum Gasteiger partial charge on any atom is 0.324 e. The van der Waals surface area contributed by atoms with Crippen LogP contribution in [0.25, 0.3) is 0 Å². The number of piperidine rings is 1. The lowest BCUT2D eigenvalue weighted by Crippen LogP contribution is -2.73. The molecule has 0 bridgehead atoms. The first kappa shape index (κ1) is 5.23. The molecule has 0 amide bonds. The van der Waals surface area contributed by atoms with Crippen LogP contribution in [0.5, 0.6) is 0 Å². The van der Waals surface area contributed by atoms with Crippen molar-refractivity contribution in [2.75, 3.05) is 13.1 Å². The third-order valence-corrected chi connectivity index (χ3v) is 2.59. The quantitative estimate of drug-likeness (QED) is 0.535. The number of fused-ring (bicyclic) bond motifs is 1. The van der Waals surface area contributed by atoms with E-state index in [0.29, 0.717) is 0 Å². The molecule has 0 saturated carbocycles. The van der Waals surface area contributed by atoms with Gasteiger partial charge in [-0.2, -0.15) is 0 Å². The highest BCUT2D eigenvalue weighted by atomic mass is 16.4. The Hall–Kier alpha value is -0.570. The van der Waals surface area contributed by atoms with E-state index in [9.17, 15) is 4.79 Å². The van der Waals surface area contributed by atoms with Gasteiger partial charge in [0.1, 0.15) is 5.54 Å². The fourth-order valence-electron chi connectivity index (χ4n) is 1.67. The van der Waals surface area contributed by atoms with Crippen molar-refractivity contribution in [1.82, 2.24) is 4.90 Å². The number of carbonyl (C=O) groups is 1. The first-order valence-corrected chi connectivity index (χ1v) is 3.24. The summed E-state index contributed by atoms with van der Waals surface area (Å²) in [5.41, 5.74) is -0.389. The minimum Gasteiger partial charge on any atom is -0.480 e. The van der Waals surface area contributed by atoms with E-state index in [2.05, 4.69) is 0 Å². The van der Waals surface area contributed by atoms with Crippen molar-refractivity contribution < 1.29 is 9.90 Å². The van der Waals surface area contributed by atoms with E-state index in [0.717, 1.165) is 25.9 Å². The molecular weight excluding hydrogens is 118 g/mol. The summed E-state index contributed by atoms with van der Waals surface area (Å²) in [7, 11) is 0. The summed E-state index contributed by atoms with van der Waals surface area (Å²) in [6.45, 7) is 1.98. The molecule has 2 rings (SSSR count). The highest BCUT2D eigenvalue weighted by molar-refractivity contribution is 5.81. The number of carboxylic acid groups (broad SMARTS) is 1. The van der Waals surface area contributed by atoms with Crippen LogP contribution in [0, 0.1) is 0 Å². The molecule has 0 atom stereocenters. The Morgan fingerprint density at radius 2 is 2.00 bits per heavy atom. The fourth-order valence-corrected chi connectivity index (χ4v) is 1.67. The molecule has 0 aromatic carbocycles. The molecule has 9 heavy (non-hydrogen) atoms. The smallest absolute Gasteiger partial charge is 0.324 e. The summed E-state index contributed by atoms with van der Waals surface area (Å²) in [5.74, 6) is -0.625. The van der Waals surface area contributed by atoms with Gasteiger partial charge in [0.25, 0.3) is 0 Å². The molecule has 0 radical (unpaired) electrons. The van der Waals surface area contributed by atoms with Crippen LogP contribution in [0.4, 0.5) is 0 Å². The van der Waals surface area contributed by atoms with Gasteiger partial charge in [0.05, 0.1) is 0 Å². The van der Waals surface area contributed by atoms with Gasteiger partial charge in [0, 0.05) is 13.1 Å². The number of carboxylic acids is 1. The van der Waals surface area contributed by atoms with Gasteiger partial charge < -0.3 is 5.11 Å². The predicted octanol–water partition coefficient (Wildman–Crippen LogP) is -0.0808. The SMILES string of the molecule is O=C(O)C12CCN1CC2. The molecule has 0 aliphatic carbocycles. The van der Waals surface area contributed by atoms with E-state index in [1.165, 1.54) is 0 Å². The Morgan fingerprint density at radius 3 is 2.00 bits per heavy atom. The number of rotatable bonds is 1. The van der Waals surface area contributed by atoms with Crippen molar-refractivity contribution >= 4 is 5.97 Å². The first-order chi connectivity index (χ1) is 4.26. The zero-order valence-electron chi connectivity index (χ0n) is 5.13. The molecule has 0 aromatic heterocycles. The summed E-state index contributed by atoms with van der Waals surface area (Å²) < 4.78 is 0. The number of hydrogen-bond donors (Lipinski definition) is 1. The summed E-state index contributed by atoms with van der Waals surface area (Å²) in [6, 6.07) is 0. The standard InChI is InChI=1S/C6H9NO2/c8-5(9)6-1-3-7(6)4-2-6/h1-4H2,(H,8,9). The summed E-state index contributed by atoms with van der Waals surface area (Å²) >= 11 is 0. The van der Waals surface area contributed by atoms with Gasteiger partial charge in [-0.05, 0) is 12.8 Å². The zero-order chi connectivity index (χ0) is 6.48. The Labute approximate surface area is 53.3 Å². The van der Waals surface area contributed by atoms with Gasteiger partial charge in [0.15, 0.2) is 0 Å². The van der Waals surface area contributed by atoms with Crippen LogP contribution in [-0.2, 0) is 4.79 Å². The third kappa shape index (κ3) is 0.399. The number of hydrogen-bond acceptors (Lipinski definition) is 2. The summed E-state index contributed by atoms with van der Waals surface area (Å²) in [4.78, 5) is 12.5. The lowest BCUT2D eigenvalue weighted by Gasteiger charge is -2.58. The van der Waals surface area contributed by atoms with Crippen molar-refractivity contribution in [2.24, 2.45) is 0 Å². The second-order valence-corrected chi connectivity index (χ2v) is 2.82. The van der Waals surface area contributed by atoms with E-state index >= 15 is 0 Å². The molecule has 2 saturated heterocycles. The van der Waals surface area contributed by atoms with Gasteiger partial charge >= 0.3 is 5.97 Å². The topological polar surface area (TPSA) is 40.5 Å². The largest absolute Gasteiger partial charge is 0.480 e. The molecule has 3 nitrogen and oxygen atoms in total. The Bertz CT molecular complexity index is 158. The van der Waals surface area contributed by atoms with Crippen LogP contribution < -0.4 is 0 Å². The second-order valence-electron chi connectivity index (χ2n) is 2.82. The van der Waals surface area contributed by atoms with Gasteiger partial charge in [-0.3, -0.25) is 9.69 Å². The molecule has 2 aliphatic heterocycles. The zero-order valence-corrected chi connectivity index (χ0v) is 5.13. The van der Waals surface area contributed by atoms with Crippen LogP contribution in [0.15, 0.2) is 0 Å².